The molecule has 22 heavy (non-hydrogen) atoms. The lowest BCUT2D eigenvalue weighted by molar-refractivity contribution is 0.0950. The van der Waals surface area contributed by atoms with Crippen LogP contribution < -0.4 is 10.1 Å². The first kappa shape index (κ1) is 15.9. The second-order valence-corrected chi connectivity index (χ2v) is 4.83. The molecular formula is C17H17F2NO2. The molecule has 0 heterocycles. The minimum absolute atomic E-state index is 0.0747. The van der Waals surface area contributed by atoms with Gasteiger partial charge in [0.05, 0.1) is 6.61 Å². The average molecular weight is 305 g/mol. The third-order valence-electron chi connectivity index (χ3n) is 3.18. The van der Waals surface area contributed by atoms with E-state index in [9.17, 15) is 13.6 Å². The molecule has 5 heteroatoms. The maximum absolute atomic E-state index is 13.5. The van der Waals surface area contributed by atoms with E-state index in [1.165, 1.54) is 0 Å². The van der Waals surface area contributed by atoms with E-state index in [0.717, 1.165) is 29.5 Å². The Hall–Kier alpha value is -2.43. The molecule has 1 amide bonds. The second-order valence-electron chi connectivity index (χ2n) is 4.83. The van der Waals surface area contributed by atoms with E-state index in [2.05, 4.69) is 5.32 Å². The lowest BCUT2D eigenvalue weighted by Gasteiger charge is -2.10. The fourth-order valence-electron chi connectivity index (χ4n) is 2.06. The van der Waals surface area contributed by atoms with Gasteiger partial charge in [0, 0.05) is 17.7 Å². The van der Waals surface area contributed by atoms with Crippen LogP contribution in [0.5, 0.6) is 5.75 Å². The van der Waals surface area contributed by atoms with Crippen LogP contribution in [-0.4, -0.2) is 12.5 Å². The third-order valence-corrected chi connectivity index (χ3v) is 3.18. The number of halogens is 2. The molecule has 116 valence electrons. The molecule has 2 rings (SSSR count). The summed E-state index contributed by atoms with van der Waals surface area (Å²) < 4.78 is 32.0. The molecule has 2 aromatic carbocycles. The van der Waals surface area contributed by atoms with Crippen molar-refractivity contribution in [1.29, 1.82) is 0 Å². The van der Waals surface area contributed by atoms with Crippen molar-refractivity contribution in [2.24, 2.45) is 0 Å². The molecule has 0 aliphatic heterocycles. The maximum atomic E-state index is 13.5. The first-order valence-corrected chi connectivity index (χ1v) is 6.97. The molecule has 0 atom stereocenters. The third kappa shape index (κ3) is 3.81. The summed E-state index contributed by atoms with van der Waals surface area (Å²) in [6, 6.07) is 8.20. The molecule has 1 N–H and O–H groups in total. The van der Waals surface area contributed by atoms with Gasteiger partial charge in [-0.1, -0.05) is 0 Å². The van der Waals surface area contributed by atoms with Crippen LogP contribution in [0, 0.1) is 18.6 Å². The lowest BCUT2D eigenvalue weighted by atomic mass is 10.1. The number of amides is 1. The molecule has 0 radical (unpaired) electrons. The van der Waals surface area contributed by atoms with Crippen LogP contribution in [0.15, 0.2) is 36.4 Å². The fraction of sp³-hybridized carbons (Fsp3) is 0.235. The van der Waals surface area contributed by atoms with Gasteiger partial charge in [0.25, 0.3) is 5.91 Å². The predicted molar refractivity (Wildman–Crippen MR) is 79.9 cm³/mol. The zero-order valence-electron chi connectivity index (χ0n) is 12.5. The lowest BCUT2D eigenvalue weighted by Crippen LogP contribution is -2.23. The zero-order valence-corrected chi connectivity index (χ0v) is 12.5. The average Bonchev–Trinajstić information content (AvgIpc) is 2.50. The Labute approximate surface area is 127 Å². The van der Waals surface area contributed by atoms with Crippen molar-refractivity contribution in [2.45, 2.75) is 20.4 Å². The Balaban J connectivity index is 2.06. The van der Waals surface area contributed by atoms with Crippen LogP contribution in [0.1, 0.15) is 28.4 Å². The number of nitrogens with one attached hydrogen (secondary N) is 1. The molecular weight excluding hydrogens is 288 g/mol. The summed E-state index contributed by atoms with van der Waals surface area (Å²) in [5, 5.41) is 2.58. The van der Waals surface area contributed by atoms with Gasteiger partial charge in [-0.05, 0) is 55.8 Å². The molecule has 2 aromatic rings. The van der Waals surface area contributed by atoms with E-state index in [4.69, 9.17) is 4.74 Å². The van der Waals surface area contributed by atoms with Gasteiger partial charge >= 0.3 is 0 Å². The Morgan fingerprint density at radius 1 is 1.18 bits per heavy atom. The minimum atomic E-state index is -0.551. The van der Waals surface area contributed by atoms with Gasteiger partial charge < -0.3 is 10.1 Å². The normalized spacial score (nSPS) is 10.4. The van der Waals surface area contributed by atoms with Crippen molar-refractivity contribution in [1.82, 2.24) is 5.32 Å². The second kappa shape index (κ2) is 7.02. The number of ether oxygens (including phenoxy) is 1. The summed E-state index contributed by atoms with van der Waals surface area (Å²) in [5.74, 6) is -0.725. The monoisotopic (exact) mass is 305 g/mol. The molecule has 0 saturated carbocycles. The van der Waals surface area contributed by atoms with Crippen LogP contribution in [0.4, 0.5) is 8.78 Å². The first-order valence-electron chi connectivity index (χ1n) is 6.97. The van der Waals surface area contributed by atoms with Gasteiger partial charge in [0.15, 0.2) is 0 Å². The molecule has 0 aromatic heterocycles. The number of hydrogen-bond donors (Lipinski definition) is 1. The molecule has 0 saturated heterocycles. The van der Waals surface area contributed by atoms with E-state index >= 15 is 0 Å². The summed E-state index contributed by atoms with van der Waals surface area (Å²) >= 11 is 0. The van der Waals surface area contributed by atoms with E-state index < -0.39 is 11.6 Å². The van der Waals surface area contributed by atoms with Crippen LogP contribution >= 0.6 is 0 Å². The SMILES string of the molecule is CCOc1ccc(C(=O)NCc2cc(F)ccc2F)cc1C. The van der Waals surface area contributed by atoms with Crippen molar-refractivity contribution in [3.8, 4) is 5.75 Å². The quantitative estimate of drug-likeness (QED) is 0.916. The number of carbonyl (C=O) groups is 1. The largest absolute Gasteiger partial charge is 0.494 e. The van der Waals surface area contributed by atoms with Gasteiger partial charge in [0.2, 0.25) is 0 Å². The highest BCUT2D eigenvalue weighted by Gasteiger charge is 2.10. The number of benzene rings is 2. The minimum Gasteiger partial charge on any atom is -0.494 e. The molecule has 0 unspecified atom stereocenters. The van der Waals surface area contributed by atoms with Gasteiger partial charge in [-0.25, -0.2) is 8.78 Å². The molecule has 0 fully saturated rings. The first-order chi connectivity index (χ1) is 10.5. The van der Waals surface area contributed by atoms with Crippen molar-refractivity contribution in [3.63, 3.8) is 0 Å². The van der Waals surface area contributed by atoms with Crippen molar-refractivity contribution < 1.29 is 18.3 Å². The highest BCUT2D eigenvalue weighted by atomic mass is 19.1. The van der Waals surface area contributed by atoms with Gasteiger partial charge in [-0.15, -0.1) is 0 Å². The predicted octanol–water partition coefficient (Wildman–Crippen LogP) is 3.60. The standard InChI is InChI=1S/C17H17F2NO2/c1-3-22-16-7-4-12(8-11(16)2)17(21)20-10-13-9-14(18)5-6-15(13)19/h4-9H,3,10H2,1-2H3,(H,20,21). The van der Waals surface area contributed by atoms with Crippen molar-refractivity contribution in [2.75, 3.05) is 6.61 Å². The smallest absolute Gasteiger partial charge is 0.251 e. The zero-order chi connectivity index (χ0) is 16.1. The molecule has 0 spiro atoms. The summed E-state index contributed by atoms with van der Waals surface area (Å²) in [7, 11) is 0. The Bertz CT molecular complexity index is 686. The topological polar surface area (TPSA) is 38.3 Å². The Kier molecular flexibility index (Phi) is 5.09. The van der Waals surface area contributed by atoms with E-state index in [0.29, 0.717) is 12.2 Å². The Morgan fingerprint density at radius 2 is 1.95 bits per heavy atom. The van der Waals surface area contributed by atoms with Crippen molar-refractivity contribution in [3.05, 3.63) is 64.7 Å². The number of hydrogen-bond acceptors (Lipinski definition) is 2. The number of rotatable bonds is 5. The summed E-state index contributed by atoms with van der Waals surface area (Å²) in [6.45, 7) is 4.20. The highest BCUT2D eigenvalue weighted by molar-refractivity contribution is 5.94. The molecule has 3 nitrogen and oxygen atoms in total. The molecule has 0 aliphatic rings. The van der Waals surface area contributed by atoms with Crippen LogP contribution in [0.3, 0.4) is 0 Å². The highest BCUT2D eigenvalue weighted by Crippen LogP contribution is 2.19. The van der Waals surface area contributed by atoms with E-state index in [1.54, 1.807) is 18.2 Å². The van der Waals surface area contributed by atoms with E-state index in [-0.39, 0.29) is 18.0 Å². The summed E-state index contributed by atoms with van der Waals surface area (Å²) in [6.07, 6.45) is 0. The maximum Gasteiger partial charge on any atom is 0.251 e. The van der Waals surface area contributed by atoms with Crippen molar-refractivity contribution >= 4 is 5.91 Å². The van der Waals surface area contributed by atoms with Gasteiger partial charge in [-0.2, -0.15) is 0 Å². The summed E-state index contributed by atoms with van der Waals surface area (Å²) in [4.78, 5) is 12.1. The number of carbonyl (C=O) groups excluding carboxylic acids is 1. The Morgan fingerprint density at radius 3 is 2.64 bits per heavy atom. The van der Waals surface area contributed by atoms with Crippen LogP contribution in [-0.2, 0) is 6.54 Å². The van der Waals surface area contributed by atoms with Crippen LogP contribution in [0.25, 0.3) is 0 Å². The van der Waals surface area contributed by atoms with Gasteiger partial charge in [-0.3, -0.25) is 4.79 Å². The number of aryl methyl sites for hydroxylation is 1. The fourth-order valence-corrected chi connectivity index (χ4v) is 2.06. The summed E-state index contributed by atoms with van der Waals surface area (Å²) in [5.41, 5.74) is 1.39. The molecule has 0 aliphatic carbocycles. The van der Waals surface area contributed by atoms with Crippen LogP contribution in [0.2, 0.25) is 0 Å². The molecule has 0 bridgehead atoms. The van der Waals surface area contributed by atoms with Gasteiger partial charge in [0.1, 0.15) is 17.4 Å². The van der Waals surface area contributed by atoms with E-state index in [1.807, 2.05) is 13.8 Å².